The zero-order chi connectivity index (χ0) is 18.6. The zero-order valence-electron chi connectivity index (χ0n) is 15.6. The van der Waals surface area contributed by atoms with Crippen LogP contribution in [0.2, 0.25) is 0 Å². The first-order valence-electron chi connectivity index (χ1n) is 9.85. The molecule has 1 aliphatic heterocycles. The minimum atomic E-state index is -3.47. The number of piperidine rings is 1. The van der Waals surface area contributed by atoms with E-state index in [1.165, 1.54) is 32.1 Å². The van der Waals surface area contributed by atoms with Crippen molar-refractivity contribution in [2.24, 2.45) is 11.8 Å². The summed E-state index contributed by atoms with van der Waals surface area (Å²) in [5, 5.41) is 3.00. The summed E-state index contributed by atoms with van der Waals surface area (Å²) in [5.74, 6) is 0.850. The minimum Gasteiger partial charge on any atom is -0.352 e. The van der Waals surface area contributed by atoms with Crippen molar-refractivity contribution >= 4 is 15.9 Å². The van der Waals surface area contributed by atoms with E-state index in [0.717, 1.165) is 12.8 Å². The molecule has 1 heterocycles. The van der Waals surface area contributed by atoms with E-state index in [4.69, 9.17) is 0 Å². The normalized spacial score (nSPS) is 22.9. The van der Waals surface area contributed by atoms with Gasteiger partial charge in [-0.25, -0.2) is 8.42 Å². The van der Waals surface area contributed by atoms with Gasteiger partial charge in [-0.1, -0.05) is 26.2 Å². The number of carbonyl (C=O) groups is 1. The van der Waals surface area contributed by atoms with E-state index < -0.39 is 10.0 Å². The number of sulfonamides is 1. The molecule has 1 atom stereocenters. The van der Waals surface area contributed by atoms with Gasteiger partial charge in [-0.3, -0.25) is 4.79 Å². The van der Waals surface area contributed by atoms with Crippen LogP contribution in [0.25, 0.3) is 0 Å². The summed E-state index contributed by atoms with van der Waals surface area (Å²) in [7, 11) is -3.47. The van der Waals surface area contributed by atoms with Crippen molar-refractivity contribution in [2.75, 3.05) is 19.6 Å². The number of nitrogens with one attached hydrogen (secondary N) is 1. The zero-order valence-corrected chi connectivity index (χ0v) is 16.4. The van der Waals surface area contributed by atoms with Crippen LogP contribution < -0.4 is 5.32 Å². The van der Waals surface area contributed by atoms with Crippen LogP contribution in [-0.4, -0.2) is 38.3 Å². The molecule has 2 fully saturated rings. The smallest absolute Gasteiger partial charge is 0.251 e. The van der Waals surface area contributed by atoms with Gasteiger partial charge in [-0.15, -0.1) is 0 Å². The van der Waals surface area contributed by atoms with Crippen molar-refractivity contribution in [2.45, 2.75) is 56.8 Å². The van der Waals surface area contributed by atoms with Crippen molar-refractivity contribution in [3.05, 3.63) is 29.8 Å². The van der Waals surface area contributed by atoms with Crippen LogP contribution in [-0.2, 0) is 10.0 Å². The molecule has 6 heteroatoms. The average Bonchev–Trinajstić information content (AvgIpc) is 2.67. The summed E-state index contributed by atoms with van der Waals surface area (Å²) in [4.78, 5) is 12.6. The third-order valence-corrected chi connectivity index (χ3v) is 7.53. The molecule has 0 aromatic heterocycles. The van der Waals surface area contributed by atoms with Gasteiger partial charge in [-0.2, -0.15) is 4.31 Å². The quantitative estimate of drug-likeness (QED) is 0.854. The van der Waals surface area contributed by atoms with Crippen molar-refractivity contribution in [1.29, 1.82) is 0 Å². The van der Waals surface area contributed by atoms with Gasteiger partial charge in [0.25, 0.3) is 5.91 Å². The molecular formula is C20H30N2O3S. The van der Waals surface area contributed by atoms with Gasteiger partial charge in [0.15, 0.2) is 0 Å². The lowest BCUT2D eigenvalue weighted by Gasteiger charge is -2.30. The molecule has 0 radical (unpaired) electrons. The van der Waals surface area contributed by atoms with E-state index in [1.54, 1.807) is 28.6 Å². The fourth-order valence-electron chi connectivity index (χ4n) is 4.02. The standard InChI is InChI=1S/C20H30N2O3S/c1-16-6-5-13-22(15-16)26(24,25)19-11-9-18(10-12-19)20(23)21-14-17-7-3-2-4-8-17/h9-12,16-17H,2-8,13-15H2,1H3,(H,21,23)/t16-/m0/s1. The summed E-state index contributed by atoms with van der Waals surface area (Å²) < 4.78 is 27.1. The Hall–Kier alpha value is -1.40. The Bertz CT molecular complexity index is 709. The van der Waals surface area contributed by atoms with Crippen molar-refractivity contribution < 1.29 is 13.2 Å². The first-order chi connectivity index (χ1) is 12.5. The molecule has 2 aliphatic rings. The number of hydrogen-bond donors (Lipinski definition) is 1. The lowest BCUT2D eigenvalue weighted by atomic mass is 9.89. The molecule has 1 saturated heterocycles. The molecule has 0 spiro atoms. The molecule has 1 amide bonds. The van der Waals surface area contributed by atoms with Gasteiger partial charge < -0.3 is 5.32 Å². The number of benzene rings is 1. The predicted molar refractivity (Wildman–Crippen MR) is 103 cm³/mol. The van der Waals surface area contributed by atoms with Crippen LogP contribution in [0.4, 0.5) is 0 Å². The van der Waals surface area contributed by atoms with Crippen LogP contribution in [0.1, 0.15) is 62.2 Å². The van der Waals surface area contributed by atoms with Crippen LogP contribution in [0, 0.1) is 11.8 Å². The van der Waals surface area contributed by atoms with Crippen molar-refractivity contribution in [1.82, 2.24) is 9.62 Å². The molecule has 0 unspecified atom stereocenters. The Morgan fingerprint density at radius 2 is 1.77 bits per heavy atom. The molecule has 1 N–H and O–H groups in total. The SMILES string of the molecule is C[C@H]1CCCN(S(=O)(=O)c2ccc(C(=O)NCC3CCCCC3)cc2)C1. The number of nitrogens with zero attached hydrogens (tertiary/aromatic N) is 1. The molecule has 1 aromatic carbocycles. The molecule has 1 aromatic rings. The van der Waals surface area contributed by atoms with Crippen LogP contribution in [0.5, 0.6) is 0 Å². The van der Waals surface area contributed by atoms with Gasteiger partial charge in [0.2, 0.25) is 10.0 Å². The molecule has 0 bridgehead atoms. The van der Waals surface area contributed by atoms with E-state index >= 15 is 0 Å². The first-order valence-corrected chi connectivity index (χ1v) is 11.3. The van der Waals surface area contributed by atoms with E-state index in [-0.39, 0.29) is 10.8 Å². The van der Waals surface area contributed by atoms with E-state index in [1.807, 2.05) is 0 Å². The molecule has 1 saturated carbocycles. The number of rotatable bonds is 5. The third kappa shape index (κ3) is 4.65. The summed E-state index contributed by atoms with van der Waals surface area (Å²) in [6, 6.07) is 6.36. The molecule has 1 aliphatic carbocycles. The highest BCUT2D eigenvalue weighted by Gasteiger charge is 2.28. The maximum absolute atomic E-state index is 12.8. The Morgan fingerprint density at radius 1 is 1.08 bits per heavy atom. The third-order valence-electron chi connectivity index (χ3n) is 5.65. The highest BCUT2D eigenvalue weighted by molar-refractivity contribution is 7.89. The Kier molecular flexibility index (Phi) is 6.35. The molecule has 3 rings (SSSR count). The molecule has 144 valence electrons. The fraction of sp³-hybridized carbons (Fsp3) is 0.650. The Labute approximate surface area is 157 Å². The van der Waals surface area contributed by atoms with Gasteiger partial charge in [-0.05, 0) is 61.8 Å². The van der Waals surface area contributed by atoms with Crippen molar-refractivity contribution in [3.63, 3.8) is 0 Å². The van der Waals surface area contributed by atoms with E-state index in [9.17, 15) is 13.2 Å². The second-order valence-corrected chi connectivity index (χ2v) is 9.79. The van der Waals surface area contributed by atoms with Crippen LogP contribution in [0.15, 0.2) is 29.2 Å². The van der Waals surface area contributed by atoms with Gasteiger partial charge in [0.1, 0.15) is 0 Å². The van der Waals surface area contributed by atoms with E-state index in [2.05, 4.69) is 12.2 Å². The molecule has 5 nitrogen and oxygen atoms in total. The summed E-state index contributed by atoms with van der Waals surface area (Å²) in [6.07, 6.45) is 8.16. The molecular weight excluding hydrogens is 348 g/mol. The van der Waals surface area contributed by atoms with Crippen molar-refractivity contribution in [3.8, 4) is 0 Å². The Morgan fingerprint density at radius 3 is 2.42 bits per heavy atom. The summed E-state index contributed by atoms with van der Waals surface area (Å²) >= 11 is 0. The second kappa shape index (κ2) is 8.53. The van der Waals surface area contributed by atoms with Crippen LogP contribution in [0.3, 0.4) is 0 Å². The first kappa shape index (κ1) is 19.4. The second-order valence-electron chi connectivity index (χ2n) is 7.85. The highest BCUT2D eigenvalue weighted by atomic mass is 32.2. The maximum Gasteiger partial charge on any atom is 0.251 e. The topological polar surface area (TPSA) is 66.5 Å². The molecule has 26 heavy (non-hydrogen) atoms. The van der Waals surface area contributed by atoms with Crippen LogP contribution >= 0.6 is 0 Å². The highest BCUT2D eigenvalue weighted by Crippen LogP contribution is 2.24. The predicted octanol–water partition coefficient (Wildman–Crippen LogP) is 3.42. The number of hydrogen-bond acceptors (Lipinski definition) is 3. The lowest BCUT2D eigenvalue weighted by molar-refractivity contribution is 0.0943. The van der Waals surface area contributed by atoms with Gasteiger partial charge in [0.05, 0.1) is 4.90 Å². The largest absolute Gasteiger partial charge is 0.352 e. The maximum atomic E-state index is 12.8. The van der Waals surface area contributed by atoms with Gasteiger partial charge >= 0.3 is 0 Å². The average molecular weight is 379 g/mol. The van der Waals surface area contributed by atoms with Gasteiger partial charge in [0, 0.05) is 25.2 Å². The van der Waals surface area contributed by atoms with E-state index in [0.29, 0.717) is 37.0 Å². The monoisotopic (exact) mass is 378 g/mol. The minimum absolute atomic E-state index is 0.119. The number of carbonyl (C=O) groups excluding carboxylic acids is 1. The lowest BCUT2D eigenvalue weighted by Crippen LogP contribution is -2.39. The summed E-state index contributed by atoms with van der Waals surface area (Å²) in [5.41, 5.74) is 0.520. The summed E-state index contributed by atoms with van der Waals surface area (Å²) in [6.45, 7) is 3.95. The fourth-order valence-corrected chi connectivity index (χ4v) is 5.62. The number of amides is 1. The Balaban J connectivity index is 1.61.